The van der Waals surface area contributed by atoms with Gasteiger partial charge in [-0.25, -0.2) is 9.78 Å². The van der Waals surface area contributed by atoms with Crippen molar-refractivity contribution in [1.82, 2.24) is 10.3 Å². The molecule has 1 fully saturated rings. The molecule has 2 rings (SSSR count). The fourth-order valence-electron chi connectivity index (χ4n) is 2.26. The zero-order valence-corrected chi connectivity index (χ0v) is 13.5. The van der Waals surface area contributed by atoms with Crippen LogP contribution in [0.3, 0.4) is 0 Å². The second kappa shape index (κ2) is 6.52. The lowest BCUT2D eigenvalue weighted by molar-refractivity contribution is 0.0776. The molecule has 1 aliphatic heterocycles. The van der Waals surface area contributed by atoms with Gasteiger partial charge in [-0.3, -0.25) is 0 Å². The topological polar surface area (TPSA) is 54.5 Å². The molecule has 6 heteroatoms. The quantitative estimate of drug-likeness (QED) is 0.852. The monoisotopic (exact) mass is 311 g/mol. The van der Waals surface area contributed by atoms with Crippen LogP contribution in [0.5, 0.6) is 0 Å². The van der Waals surface area contributed by atoms with Gasteiger partial charge >= 0.3 is 6.09 Å². The van der Waals surface area contributed by atoms with E-state index in [1.54, 1.807) is 6.07 Å². The number of carbonyl (C=O) groups is 1. The molecule has 5 nitrogen and oxygen atoms in total. The van der Waals surface area contributed by atoms with Crippen molar-refractivity contribution < 1.29 is 9.53 Å². The van der Waals surface area contributed by atoms with E-state index in [4.69, 9.17) is 16.3 Å². The number of ether oxygens (including phenoxy) is 1. The lowest BCUT2D eigenvalue weighted by atomic mass is 10.1. The second-order valence-corrected chi connectivity index (χ2v) is 6.67. The van der Waals surface area contributed by atoms with Gasteiger partial charge in [-0.1, -0.05) is 17.7 Å². The lowest BCUT2D eigenvalue weighted by Gasteiger charge is -2.33. The van der Waals surface area contributed by atoms with Gasteiger partial charge in [-0.15, -0.1) is 0 Å². The number of nitrogens with zero attached hydrogens (tertiary/aromatic N) is 2. The first-order valence-electron chi connectivity index (χ1n) is 7.20. The van der Waals surface area contributed by atoms with E-state index in [0.29, 0.717) is 5.15 Å². The fourth-order valence-corrected chi connectivity index (χ4v) is 2.42. The molecular formula is C15H22ClN3O2. The minimum absolute atomic E-state index is 0.0391. The molecule has 21 heavy (non-hydrogen) atoms. The van der Waals surface area contributed by atoms with Gasteiger partial charge in [0.25, 0.3) is 0 Å². The number of rotatable bonds is 2. The van der Waals surface area contributed by atoms with E-state index in [-0.39, 0.29) is 17.7 Å². The molecule has 0 aliphatic carbocycles. The number of aromatic nitrogens is 1. The van der Waals surface area contributed by atoms with Gasteiger partial charge in [0.1, 0.15) is 17.1 Å². The van der Waals surface area contributed by atoms with Gasteiger partial charge < -0.3 is 15.0 Å². The molecular weight excluding hydrogens is 290 g/mol. The maximum absolute atomic E-state index is 11.7. The summed E-state index contributed by atoms with van der Waals surface area (Å²) in [6.07, 6.45) is 1.21. The summed E-state index contributed by atoms with van der Waals surface area (Å²) < 4.78 is 5.45. The van der Waals surface area contributed by atoms with Crippen molar-refractivity contribution in [3.63, 3.8) is 0 Å². The lowest BCUT2D eigenvalue weighted by Crippen LogP contribution is -2.44. The molecule has 0 radical (unpaired) electrons. The number of halogens is 1. The molecule has 1 aromatic rings. The minimum Gasteiger partial charge on any atom is -0.446 e. The summed E-state index contributed by atoms with van der Waals surface area (Å²) in [5.74, 6) is 0.875. The van der Waals surface area contributed by atoms with E-state index in [9.17, 15) is 4.79 Å². The standard InChI is InChI=1S/C15H22ClN3O2/c1-15(2,3)18-14(20)21-11-7-9-19(10-8-11)13-6-4-5-12(16)17-13/h4-6,11H,7-10H2,1-3H3,(H,18,20). The molecule has 1 N–H and O–H groups in total. The van der Waals surface area contributed by atoms with Crippen LogP contribution in [0.2, 0.25) is 5.15 Å². The first-order valence-corrected chi connectivity index (χ1v) is 7.57. The largest absolute Gasteiger partial charge is 0.446 e. The fraction of sp³-hybridized carbons (Fsp3) is 0.600. The molecule has 2 heterocycles. The molecule has 0 unspecified atom stereocenters. The highest BCUT2D eigenvalue weighted by Gasteiger charge is 2.24. The number of hydrogen-bond acceptors (Lipinski definition) is 4. The van der Waals surface area contributed by atoms with Gasteiger partial charge in [0, 0.05) is 31.5 Å². The van der Waals surface area contributed by atoms with E-state index in [1.165, 1.54) is 0 Å². The third-order valence-electron chi connectivity index (χ3n) is 3.22. The van der Waals surface area contributed by atoms with Crippen LogP contribution < -0.4 is 10.2 Å². The van der Waals surface area contributed by atoms with Crippen molar-refractivity contribution >= 4 is 23.5 Å². The highest BCUT2D eigenvalue weighted by atomic mass is 35.5. The van der Waals surface area contributed by atoms with E-state index >= 15 is 0 Å². The third-order valence-corrected chi connectivity index (χ3v) is 3.43. The Balaban J connectivity index is 1.82. The van der Waals surface area contributed by atoms with Crippen LogP contribution in [0.15, 0.2) is 18.2 Å². The van der Waals surface area contributed by atoms with Crippen molar-refractivity contribution in [2.45, 2.75) is 45.3 Å². The highest BCUT2D eigenvalue weighted by Crippen LogP contribution is 2.21. The summed E-state index contributed by atoms with van der Waals surface area (Å²) in [6.45, 7) is 7.41. The first kappa shape index (κ1) is 15.9. The molecule has 1 aliphatic rings. The summed E-state index contributed by atoms with van der Waals surface area (Å²) in [4.78, 5) is 18.2. The van der Waals surface area contributed by atoms with E-state index in [0.717, 1.165) is 31.7 Å². The number of amides is 1. The Kier molecular flexibility index (Phi) is 4.93. The summed E-state index contributed by atoms with van der Waals surface area (Å²) in [7, 11) is 0. The molecule has 0 bridgehead atoms. The predicted octanol–water partition coefficient (Wildman–Crippen LogP) is 3.23. The molecule has 0 aromatic carbocycles. The van der Waals surface area contributed by atoms with Crippen LogP contribution in [0.1, 0.15) is 33.6 Å². The zero-order chi connectivity index (χ0) is 15.5. The predicted molar refractivity (Wildman–Crippen MR) is 83.9 cm³/mol. The average molecular weight is 312 g/mol. The molecule has 116 valence electrons. The van der Waals surface area contributed by atoms with Crippen LogP contribution in [0, 0.1) is 0 Å². The summed E-state index contributed by atoms with van der Waals surface area (Å²) in [6, 6.07) is 5.60. The minimum atomic E-state index is -0.346. The Morgan fingerprint density at radius 1 is 1.38 bits per heavy atom. The Hall–Kier alpha value is -1.49. The zero-order valence-electron chi connectivity index (χ0n) is 12.7. The SMILES string of the molecule is CC(C)(C)NC(=O)OC1CCN(c2cccc(Cl)n2)CC1. The van der Waals surface area contributed by atoms with Crippen LogP contribution in [-0.2, 0) is 4.74 Å². The van der Waals surface area contributed by atoms with Gasteiger partial charge in [0.15, 0.2) is 0 Å². The number of pyridine rings is 1. The number of alkyl carbamates (subject to hydrolysis) is 1. The second-order valence-electron chi connectivity index (χ2n) is 6.29. The molecule has 1 saturated heterocycles. The Labute approximate surface area is 130 Å². The van der Waals surface area contributed by atoms with Crippen molar-refractivity contribution in [2.75, 3.05) is 18.0 Å². The van der Waals surface area contributed by atoms with Crippen molar-refractivity contribution in [3.8, 4) is 0 Å². The van der Waals surface area contributed by atoms with Gasteiger partial charge in [0.2, 0.25) is 0 Å². The Morgan fingerprint density at radius 2 is 2.05 bits per heavy atom. The van der Waals surface area contributed by atoms with Crippen molar-refractivity contribution in [3.05, 3.63) is 23.4 Å². The number of carbonyl (C=O) groups excluding carboxylic acids is 1. The molecule has 1 amide bonds. The van der Waals surface area contributed by atoms with Gasteiger partial charge in [-0.2, -0.15) is 0 Å². The molecule has 0 atom stereocenters. The summed E-state index contributed by atoms with van der Waals surface area (Å²) in [5, 5.41) is 3.31. The third kappa shape index (κ3) is 5.08. The molecule has 0 saturated carbocycles. The highest BCUT2D eigenvalue weighted by molar-refractivity contribution is 6.29. The normalized spacial score (nSPS) is 16.7. The number of piperidine rings is 1. The van der Waals surface area contributed by atoms with Crippen molar-refractivity contribution in [2.24, 2.45) is 0 Å². The summed E-state index contributed by atoms with van der Waals surface area (Å²) in [5.41, 5.74) is -0.275. The average Bonchev–Trinajstić information content (AvgIpc) is 2.37. The number of hydrogen-bond donors (Lipinski definition) is 1. The van der Waals surface area contributed by atoms with Crippen LogP contribution in [0.25, 0.3) is 0 Å². The van der Waals surface area contributed by atoms with Crippen molar-refractivity contribution in [1.29, 1.82) is 0 Å². The maximum atomic E-state index is 11.7. The first-order chi connectivity index (χ1) is 9.83. The van der Waals surface area contributed by atoms with Crippen LogP contribution >= 0.6 is 11.6 Å². The maximum Gasteiger partial charge on any atom is 0.407 e. The van der Waals surface area contributed by atoms with Gasteiger partial charge in [0.05, 0.1) is 0 Å². The van der Waals surface area contributed by atoms with Crippen LogP contribution in [-0.4, -0.2) is 35.8 Å². The van der Waals surface area contributed by atoms with Crippen LogP contribution in [0.4, 0.5) is 10.6 Å². The number of anilines is 1. The molecule has 1 aromatic heterocycles. The van der Waals surface area contributed by atoms with E-state index < -0.39 is 0 Å². The summed E-state index contributed by atoms with van der Waals surface area (Å²) >= 11 is 5.91. The molecule has 0 spiro atoms. The number of nitrogens with one attached hydrogen (secondary N) is 1. The smallest absolute Gasteiger partial charge is 0.407 e. The van der Waals surface area contributed by atoms with E-state index in [2.05, 4.69) is 15.2 Å². The Bertz CT molecular complexity index is 494. The van der Waals surface area contributed by atoms with E-state index in [1.807, 2.05) is 32.9 Å². The Morgan fingerprint density at radius 3 is 2.62 bits per heavy atom. The van der Waals surface area contributed by atoms with Gasteiger partial charge in [-0.05, 0) is 32.9 Å².